The van der Waals surface area contributed by atoms with Crippen molar-refractivity contribution >= 4 is 27.3 Å². The van der Waals surface area contributed by atoms with E-state index in [1.165, 1.54) is 14.2 Å². The van der Waals surface area contributed by atoms with Crippen molar-refractivity contribution in [1.82, 2.24) is 5.32 Å². The highest BCUT2D eigenvalue weighted by molar-refractivity contribution is 9.10. The van der Waals surface area contributed by atoms with Crippen molar-refractivity contribution in [3.63, 3.8) is 0 Å². The van der Waals surface area contributed by atoms with Crippen molar-refractivity contribution in [2.45, 2.75) is 13.0 Å². The Bertz CT molecular complexity index is 294. The number of ether oxygens (including phenoxy) is 1. The number of aryl methyl sites for hydroxylation is 1. The minimum atomic E-state index is 0.238. The first kappa shape index (κ1) is 9.65. The van der Waals surface area contributed by atoms with E-state index in [0.717, 1.165) is 19.7 Å². The largest absolute Gasteiger partial charge is 0.370 e. The number of nitrogens with one attached hydrogen (secondary N) is 1. The quantitative estimate of drug-likeness (QED) is 0.839. The van der Waals surface area contributed by atoms with Crippen LogP contribution in [0.15, 0.2) is 10.5 Å². The van der Waals surface area contributed by atoms with E-state index in [1.807, 2.05) is 11.3 Å². The molecule has 0 radical (unpaired) electrons. The van der Waals surface area contributed by atoms with E-state index >= 15 is 0 Å². The first-order valence-corrected chi connectivity index (χ1v) is 5.96. The zero-order valence-electron chi connectivity index (χ0n) is 7.47. The molecule has 1 aliphatic heterocycles. The SMILES string of the molecule is Cc1cc(Br)c(C2CNCCO2)s1. The van der Waals surface area contributed by atoms with Gasteiger partial charge in [0.15, 0.2) is 0 Å². The second kappa shape index (κ2) is 4.09. The molecule has 0 aliphatic carbocycles. The summed E-state index contributed by atoms with van der Waals surface area (Å²) >= 11 is 5.36. The lowest BCUT2D eigenvalue weighted by Crippen LogP contribution is -2.33. The molecule has 1 aliphatic rings. The van der Waals surface area contributed by atoms with E-state index in [2.05, 4.69) is 34.2 Å². The van der Waals surface area contributed by atoms with Gasteiger partial charge >= 0.3 is 0 Å². The molecule has 0 bridgehead atoms. The monoisotopic (exact) mass is 261 g/mol. The maximum Gasteiger partial charge on any atom is 0.105 e. The van der Waals surface area contributed by atoms with Crippen LogP contribution in [-0.4, -0.2) is 19.7 Å². The number of rotatable bonds is 1. The van der Waals surface area contributed by atoms with Crippen LogP contribution in [0.3, 0.4) is 0 Å². The number of hydrogen-bond donors (Lipinski definition) is 1. The number of thiophene rings is 1. The molecule has 13 heavy (non-hydrogen) atoms. The Hall–Kier alpha value is 0.1000. The van der Waals surface area contributed by atoms with Crippen molar-refractivity contribution in [2.75, 3.05) is 19.7 Å². The van der Waals surface area contributed by atoms with Gasteiger partial charge in [0.25, 0.3) is 0 Å². The molecule has 0 aromatic carbocycles. The smallest absolute Gasteiger partial charge is 0.105 e. The summed E-state index contributed by atoms with van der Waals surface area (Å²) in [6, 6.07) is 2.15. The lowest BCUT2D eigenvalue weighted by molar-refractivity contribution is 0.0296. The predicted octanol–water partition coefficient (Wildman–Crippen LogP) is 2.48. The second-order valence-electron chi connectivity index (χ2n) is 3.13. The summed E-state index contributed by atoms with van der Waals surface area (Å²) in [4.78, 5) is 2.64. The Morgan fingerprint density at radius 1 is 1.69 bits per heavy atom. The molecule has 1 atom stereocenters. The highest BCUT2D eigenvalue weighted by atomic mass is 79.9. The molecule has 4 heteroatoms. The van der Waals surface area contributed by atoms with Gasteiger partial charge in [-0.2, -0.15) is 0 Å². The summed E-state index contributed by atoms with van der Waals surface area (Å²) in [6.07, 6.45) is 0.238. The molecule has 1 aromatic heterocycles. The fourth-order valence-corrected chi connectivity index (χ4v) is 3.41. The van der Waals surface area contributed by atoms with Gasteiger partial charge in [0, 0.05) is 27.3 Å². The van der Waals surface area contributed by atoms with Gasteiger partial charge in [-0.1, -0.05) is 0 Å². The third-order valence-corrected chi connectivity index (χ3v) is 4.12. The third kappa shape index (κ3) is 2.13. The Balaban J connectivity index is 2.18. The zero-order valence-corrected chi connectivity index (χ0v) is 9.87. The van der Waals surface area contributed by atoms with Crippen molar-refractivity contribution in [1.29, 1.82) is 0 Å². The van der Waals surface area contributed by atoms with Gasteiger partial charge in [0.1, 0.15) is 6.10 Å². The average molecular weight is 262 g/mol. The number of morpholine rings is 1. The van der Waals surface area contributed by atoms with Gasteiger partial charge in [-0.3, -0.25) is 0 Å². The Morgan fingerprint density at radius 3 is 3.08 bits per heavy atom. The molecule has 2 rings (SSSR count). The summed E-state index contributed by atoms with van der Waals surface area (Å²) in [5, 5.41) is 3.33. The van der Waals surface area contributed by atoms with E-state index in [1.54, 1.807) is 0 Å². The van der Waals surface area contributed by atoms with E-state index < -0.39 is 0 Å². The molecule has 0 amide bonds. The zero-order chi connectivity index (χ0) is 9.26. The summed E-state index contributed by atoms with van der Waals surface area (Å²) in [7, 11) is 0. The van der Waals surface area contributed by atoms with Crippen molar-refractivity contribution in [3.05, 3.63) is 20.3 Å². The fraction of sp³-hybridized carbons (Fsp3) is 0.556. The van der Waals surface area contributed by atoms with Crippen molar-refractivity contribution in [3.8, 4) is 0 Å². The maximum absolute atomic E-state index is 5.68. The molecule has 1 aromatic rings. The van der Waals surface area contributed by atoms with E-state index in [-0.39, 0.29) is 6.10 Å². The van der Waals surface area contributed by atoms with Gasteiger partial charge in [0.2, 0.25) is 0 Å². The molecule has 0 spiro atoms. The molecule has 1 N–H and O–H groups in total. The van der Waals surface area contributed by atoms with Gasteiger partial charge in [-0.25, -0.2) is 0 Å². The molecule has 0 saturated carbocycles. The van der Waals surface area contributed by atoms with Crippen molar-refractivity contribution < 1.29 is 4.74 Å². The molecular weight excluding hydrogens is 250 g/mol. The average Bonchev–Trinajstić information content (AvgIpc) is 2.47. The minimum Gasteiger partial charge on any atom is -0.370 e. The van der Waals surface area contributed by atoms with Crippen LogP contribution in [0, 0.1) is 6.92 Å². The van der Waals surface area contributed by atoms with Gasteiger partial charge < -0.3 is 10.1 Å². The summed E-state index contributed by atoms with van der Waals surface area (Å²) < 4.78 is 6.86. The minimum absolute atomic E-state index is 0.238. The Labute approximate surface area is 90.4 Å². The van der Waals surface area contributed by atoms with E-state index in [9.17, 15) is 0 Å². The normalized spacial score (nSPS) is 23.4. The molecular formula is C9H12BrNOS. The van der Waals surface area contributed by atoms with Crippen LogP contribution in [0.5, 0.6) is 0 Å². The number of hydrogen-bond acceptors (Lipinski definition) is 3. The van der Waals surface area contributed by atoms with Gasteiger partial charge in [-0.05, 0) is 28.9 Å². The second-order valence-corrected chi connectivity index (χ2v) is 5.28. The predicted molar refractivity (Wildman–Crippen MR) is 58.3 cm³/mol. The molecule has 2 heterocycles. The third-order valence-electron chi connectivity index (χ3n) is 2.06. The van der Waals surface area contributed by atoms with Gasteiger partial charge in [0.05, 0.1) is 6.61 Å². The first-order valence-electron chi connectivity index (χ1n) is 4.35. The number of halogens is 1. The topological polar surface area (TPSA) is 21.3 Å². The van der Waals surface area contributed by atoms with E-state index in [4.69, 9.17) is 4.74 Å². The lowest BCUT2D eigenvalue weighted by atomic mass is 10.2. The summed E-state index contributed by atoms with van der Waals surface area (Å²) in [5.74, 6) is 0. The van der Waals surface area contributed by atoms with Crippen molar-refractivity contribution in [2.24, 2.45) is 0 Å². The highest BCUT2D eigenvalue weighted by Crippen LogP contribution is 2.34. The Kier molecular flexibility index (Phi) is 3.03. The fourth-order valence-electron chi connectivity index (χ4n) is 1.45. The Morgan fingerprint density at radius 2 is 2.54 bits per heavy atom. The molecule has 72 valence electrons. The maximum atomic E-state index is 5.68. The van der Waals surface area contributed by atoms with Crippen LogP contribution in [-0.2, 0) is 4.74 Å². The van der Waals surface area contributed by atoms with Crippen LogP contribution in [0.2, 0.25) is 0 Å². The van der Waals surface area contributed by atoms with Crippen LogP contribution in [0.1, 0.15) is 15.9 Å². The molecule has 1 saturated heterocycles. The van der Waals surface area contributed by atoms with Crippen LogP contribution in [0.25, 0.3) is 0 Å². The first-order chi connectivity index (χ1) is 6.27. The van der Waals surface area contributed by atoms with Crippen LogP contribution >= 0.6 is 27.3 Å². The standard InChI is InChI=1S/C9H12BrNOS/c1-6-4-7(10)9(13-6)8-5-11-2-3-12-8/h4,8,11H,2-3,5H2,1H3. The summed E-state index contributed by atoms with van der Waals surface area (Å²) in [5.41, 5.74) is 0. The lowest BCUT2D eigenvalue weighted by Gasteiger charge is -2.22. The summed E-state index contributed by atoms with van der Waals surface area (Å²) in [6.45, 7) is 4.83. The molecule has 1 unspecified atom stereocenters. The molecule has 1 fully saturated rings. The van der Waals surface area contributed by atoms with E-state index in [0.29, 0.717) is 0 Å². The van der Waals surface area contributed by atoms with Crippen LogP contribution in [0.4, 0.5) is 0 Å². The van der Waals surface area contributed by atoms with Crippen LogP contribution < -0.4 is 5.32 Å². The van der Waals surface area contributed by atoms with Gasteiger partial charge in [-0.15, -0.1) is 11.3 Å². The molecule has 2 nitrogen and oxygen atoms in total. The highest BCUT2D eigenvalue weighted by Gasteiger charge is 2.19.